The first kappa shape index (κ1) is 17.5. The maximum Gasteiger partial charge on any atom is 0.251 e. The maximum atomic E-state index is 12.4. The van der Waals surface area contributed by atoms with Crippen molar-refractivity contribution in [3.05, 3.63) is 66.1 Å². The number of nitrogens with one attached hydrogen (secondary N) is 2. The number of hydrogen-bond donors (Lipinski definition) is 2. The van der Waals surface area contributed by atoms with Gasteiger partial charge in [-0.25, -0.2) is 4.98 Å². The van der Waals surface area contributed by atoms with E-state index in [-0.39, 0.29) is 5.91 Å². The van der Waals surface area contributed by atoms with Crippen molar-refractivity contribution in [1.29, 1.82) is 0 Å². The summed E-state index contributed by atoms with van der Waals surface area (Å²) < 4.78 is 7.80. The number of pyridine rings is 1. The molecule has 1 unspecified atom stereocenters. The van der Waals surface area contributed by atoms with Gasteiger partial charge in [0.25, 0.3) is 5.91 Å². The highest BCUT2D eigenvalue weighted by Gasteiger charge is 2.15. The zero-order chi connectivity index (χ0) is 18.5. The SMILES string of the molecule is O=C(NCC1CCCNC1)c1cccc(OCc2cn3ccccc3n2)c1. The Balaban J connectivity index is 1.34. The molecular weight excluding hydrogens is 340 g/mol. The van der Waals surface area contributed by atoms with Crippen LogP contribution in [-0.2, 0) is 6.61 Å². The van der Waals surface area contributed by atoms with Crippen LogP contribution in [0.15, 0.2) is 54.9 Å². The third-order valence-corrected chi connectivity index (χ3v) is 4.85. The summed E-state index contributed by atoms with van der Waals surface area (Å²) in [6.45, 7) is 3.12. The van der Waals surface area contributed by atoms with Gasteiger partial charge in [0.05, 0.1) is 5.69 Å². The number of nitrogens with zero attached hydrogens (tertiary/aromatic N) is 2. The molecular formula is C21H24N4O2. The van der Waals surface area contributed by atoms with Crippen LogP contribution in [0, 0.1) is 5.92 Å². The summed E-state index contributed by atoms with van der Waals surface area (Å²) in [5.74, 6) is 1.12. The van der Waals surface area contributed by atoms with E-state index in [0.717, 1.165) is 30.9 Å². The molecule has 1 amide bonds. The molecule has 1 aromatic carbocycles. The van der Waals surface area contributed by atoms with Crippen LogP contribution < -0.4 is 15.4 Å². The van der Waals surface area contributed by atoms with Crippen LogP contribution in [-0.4, -0.2) is 34.9 Å². The number of aromatic nitrogens is 2. The average molecular weight is 364 g/mol. The molecule has 2 N–H and O–H groups in total. The lowest BCUT2D eigenvalue weighted by Crippen LogP contribution is -2.38. The number of piperidine rings is 1. The molecule has 140 valence electrons. The van der Waals surface area contributed by atoms with Gasteiger partial charge in [0.1, 0.15) is 18.0 Å². The van der Waals surface area contributed by atoms with Gasteiger partial charge < -0.3 is 19.8 Å². The van der Waals surface area contributed by atoms with E-state index in [2.05, 4.69) is 15.6 Å². The molecule has 3 aromatic rings. The molecule has 1 aliphatic heterocycles. The van der Waals surface area contributed by atoms with Gasteiger partial charge in [-0.15, -0.1) is 0 Å². The number of carbonyl (C=O) groups excluding carboxylic acids is 1. The summed E-state index contributed by atoms with van der Waals surface area (Å²) in [7, 11) is 0. The second-order valence-corrected chi connectivity index (χ2v) is 6.94. The minimum Gasteiger partial charge on any atom is -0.487 e. The van der Waals surface area contributed by atoms with E-state index in [1.165, 1.54) is 6.42 Å². The van der Waals surface area contributed by atoms with Gasteiger partial charge in [0, 0.05) is 24.5 Å². The van der Waals surface area contributed by atoms with Crippen molar-refractivity contribution in [3.8, 4) is 5.75 Å². The first-order chi connectivity index (χ1) is 13.3. The van der Waals surface area contributed by atoms with Crippen LogP contribution in [0.4, 0.5) is 0 Å². The van der Waals surface area contributed by atoms with E-state index in [1.54, 1.807) is 6.07 Å². The molecule has 1 fully saturated rings. The molecule has 0 bridgehead atoms. The summed E-state index contributed by atoms with van der Waals surface area (Å²) >= 11 is 0. The van der Waals surface area contributed by atoms with Crippen molar-refractivity contribution in [2.45, 2.75) is 19.4 Å². The second-order valence-electron chi connectivity index (χ2n) is 6.94. The zero-order valence-corrected chi connectivity index (χ0v) is 15.2. The largest absolute Gasteiger partial charge is 0.487 e. The van der Waals surface area contributed by atoms with Gasteiger partial charge >= 0.3 is 0 Å². The molecule has 0 aliphatic carbocycles. The van der Waals surface area contributed by atoms with Gasteiger partial charge in [0.2, 0.25) is 0 Å². The Morgan fingerprint density at radius 1 is 1.30 bits per heavy atom. The minimum absolute atomic E-state index is 0.0567. The number of imidazole rings is 1. The number of hydrogen-bond acceptors (Lipinski definition) is 4. The van der Waals surface area contributed by atoms with E-state index in [4.69, 9.17) is 4.74 Å². The first-order valence-electron chi connectivity index (χ1n) is 9.42. The van der Waals surface area contributed by atoms with Crippen LogP contribution in [0.1, 0.15) is 28.9 Å². The molecule has 4 rings (SSSR count). The Bertz CT molecular complexity index is 882. The molecule has 27 heavy (non-hydrogen) atoms. The van der Waals surface area contributed by atoms with Gasteiger partial charge in [-0.2, -0.15) is 0 Å². The fourth-order valence-corrected chi connectivity index (χ4v) is 3.38. The van der Waals surface area contributed by atoms with Crippen LogP contribution >= 0.6 is 0 Å². The first-order valence-corrected chi connectivity index (χ1v) is 9.42. The predicted octanol–water partition coefficient (Wildman–Crippen LogP) is 2.64. The highest BCUT2D eigenvalue weighted by Crippen LogP contribution is 2.16. The monoisotopic (exact) mass is 364 g/mol. The Kier molecular flexibility index (Phi) is 5.34. The minimum atomic E-state index is -0.0567. The highest BCUT2D eigenvalue weighted by molar-refractivity contribution is 5.94. The summed E-state index contributed by atoms with van der Waals surface area (Å²) in [6.07, 6.45) is 6.24. The Morgan fingerprint density at radius 3 is 3.11 bits per heavy atom. The standard InChI is InChI=1S/C21H24N4O2/c26-21(23-13-16-5-4-9-22-12-16)17-6-3-7-19(11-17)27-15-18-14-25-10-2-1-8-20(25)24-18/h1-3,6-8,10-11,14,16,22H,4-5,9,12-13,15H2,(H,23,26). The van der Waals surface area contributed by atoms with Crippen LogP contribution in [0.2, 0.25) is 0 Å². The summed E-state index contributed by atoms with van der Waals surface area (Å²) in [5, 5.41) is 6.41. The van der Waals surface area contributed by atoms with E-state index in [0.29, 0.717) is 30.4 Å². The van der Waals surface area contributed by atoms with Crippen LogP contribution in [0.5, 0.6) is 5.75 Å². The van der Waals surface area contributed by atoms with Gasteiger partial charge in [-0.05, 0) is 62.2 Å². The topological polar surface area (TPSA) is 67.7 Å². The molecule has 0 radical (unpaired) electrons. The van der Waals surface area contributed by atoms with Crippen molar-refractivity contribution in [2.24, 2.45) is 5.92 Å². The van der Waals surface area contributed by atoms with Gasteiger partial charge in [-0.3, -0.25) is 4.79 Å². The quantitative estimate of drug-likeness (QED) is 0.706. The van der Waals surface area contributed by atoms with Crippen LogP contribution in [0.3, 0.4) is 0 Å². The van der Waals surface area contributed by atoms with Crippen molar-refractivity contribution < 1.29 is 9.53 Å². The molecule has 2 aromatic heterocycles. The Hall–Kier alpha value is -2.86. The maximum absolute atomic E-state index is 12.4. The van der Waals surface area contributed by atoms with E-state index < -0.39 is 0 Å². The predicted molar refractivity (Wildman–Crippen MR) is 104 cm³/mol. The van der Waals surface area contributed by atoms with E-state index in [9.17, 15) is 4.79 Å². The third kappa shape index (κ3) is 4.46. The number of ether oxygens (including phenoxy) is 1. The lowest BCUT2D eigenvalue weighted by atomic mass is 9.99. The highest BCUT2D eigenvalue weighted by atomic mass is 16.5. The van der Waals surface area contributed by atoms with Crippen molar-refractivity contribution in [2.75, 3.05) is 19.6 Å². The number of benzene rings is 1. The van der Waals surface area contributed by atoms with Crippen molar-refractivity contribution >= 4 is 11.6 Å². The molecule has 1 saturated heterocycles. The Morgan fingerprint density at radius 2 is 2.26 bits per heavy atom. The second kappa shape index (κ2) is 8.22. The fourth-order valence-electron chi connectivity index (χ4n) is 3.38. The zero-order valence-electron chi connectivity index (χ0n) is 15.2. The third-order valence-electron chi connectivity index (χ3n) is 4.85. The summed E-state index contributed by atoms with van der Waals surface area (Å²) in [5.41, 5.74) is 2.36. The number of amides is 1. The summed E-state index contributed by atoms with van der Waals surface area (Å²) in [6, 6.07) is 13.2. The fraction of sp³-hybridized carbons (Fsp3) is 0.333. The van der Waals surface area contributed by atoms with E-state index >= 15 is 0 Å². The number of rotatable bonds is 6. The number of carbonyl (C=O) groups is 1. The van der Waals surface area contributed by atoms with Gasteiger partial charge in [-0.1, -0.05) is 12.1 Å². The van der Waals surface area contributed by atoms with Crippen molar-refractivity contribution in [1.82, 2.24) is 20.0 Å². The van der Waals surface area contributed by atoms with Crippen LogP contribution in [0.25, 0.3) is 5.65 Å². The summed E-state index contributed by atoms with van der Waals surface area (Å²) in [4.78, 5) is 16.9. The molecule has 0 saturated carbocycles. The molecule has 1 atom stereocenters. The molecule has 0 spiro atoms. The van der Waals surface area contributed by atoms with Crippen molar-refractivity contribution in [3.63, 3.8) is 0 Å². The molecule has 1 aliphatic rings. The Labute approximate surface area is 158 Å². The van der Waals surface area contributed by atoms with Gasteiger partial charge in [0.15, 0.2) is 0 Å². The molecule has 6 nitrogen and oxygen atoms in total. The lowest BCUT2D eigenvalue weighted by molar-refractivity contribution is 0.0944. The molecule has 6 heteroatoms. The average Bonchev–Trinajstić information content (AvgIpc) is 3.14. The number of fused-ring (bicyclic) bond motifs is 1. The van der Waals surface area contributed by atoms with E-state index in [1.807, 2.05) is 53.2 Å². The smallest absolute Gasteiger partial charge is 0.251 e. The lowest BCUT2D eigenvalue weighted by Gasteiger charge is -2.22. The normalized spacial score (nSPS) is 17.0. The molecule has 3 heterocycles.